The zero-order valence-corrected chi connectivity index (χ0v) is 25.1. The molecule has 0 unspecified atom stereocenters. The molecule has 42 heavy (non-hydrogen) atoms. The van der Waals surface area contributed by atoms with Gasteiger partial charge in [-0.3, -0.25) is 9.59 Å². The first kappa shape index (κ1) is 32.9. The highest BCUT2D eigenvalue weighted by atomic mass is 32.2. The number of hydrogen-bond acceptors (Lipinski definition) is 6. The molecule has 0 aliphatic carbocycles. The van der Waals surface area contributed by atoms with Crippen LogP contribution in [0.25, 0.3) is 0 Å². The Morgan fingerprint density at radius 1 is 0.881 bits per heavy atom. The lowest BCUT2D eigenvalue weighted by Gasteiger charge is -2.25. The second-order valence-electron chi connectivity index (χ2n) is 10.4. The number of aliphatic hydroxyl groups is 1. The van der Waals surface area contributed by atoms with Gasteiger partial charge in [0.1, 0.15) is 0 Å². The standard InChI is InChI=1S/C32H42N4O5S/c1-3-19-36(20-4-2)32(39)27-12-8-11-26(22-27)31(38)35-29(21-25-9-6-5-7-10-25)30(37)23-34-18-17-24-13-15-28(16-14-24)42(33,40)41/h5-16,22,29-30,34,37H,3-4,17-21,23H2,1-2H3,(H,35,38)(H2,33,40,41)/t29-,30+/m0/s1. The molecule has 10 heteroatoms. The minimum Gasteiger partial charge on any atom is -0.390 e. The van der Waals surface area contributed by atoms with Crippen LogP contribution in [0, 0.1) is 0 Å². The molecule has 3 rings (SSSR count). The molecular weight excluding hydrogens is 552 g/mol. The van der Waals surface area contributed by atoms with Crippen molar-refractivity contribution in [3.63, 3.8) is 0 Å². The summed E-state index contributed by atoms with van der Waals surface area (Å²) in [6.07, 6.45) is 1.84. The zero-order chi connectivity index (χ0) is 30.5. The fraction of sp³-hybridized carbons (Fsp3) is 0.375. The summed E-state index contributed by atoms with van der Waals surface area (Å²) in [5, 5.41) is 22.5. The van der Waals surface area contributed by atoms with Crippen LogP contribution in [0.2, 0.25) is 0 Å². The monoisotopic (exact) mass is 594 g/mol. The van der Waals surface area contributed by atoms with Crippen molar-refractivity contribution in [2.24, 2.45) is 5.14 Å². The van der Waals surface area contributed by atoms with Crippen LogP contribution in [0.15, 0.2) is 83.8 Å². The summed E-state index contributed by atoms with van der Waals surface area (Å²) in [7, 11) is -3.74. The molecule has 3 aromatic carbocycles. The van der Waals surface area contributed by atoms with Gasteiger partial charge in [0.15, 0.2) is 0 Å². The predicted octanol–water partition coefficient (Wildman–Crippen LogP) is 3.13. The highest BCUT2D eigenvalue weighted by molar-refractivity contribution is 7.89. The first-order valence-electron chi connectivity index (χ1n) is 14.4. The van der Waals surface area contributed by atoms with Crippen LogP contribution in [-0.4, -0.2) is 68.6 Å². The van der Waals surface area contributed by atoms with Gasteiger partial charge in [0.2, 0.25) is 10.0 Å². The Kier molecular flexibility index (Phi) is 12.7. The van der Waals surface area contributed by atoms with Gasteiger partial charge in [-0.15, -0.1) is 0 Å². The van der Waals surface area contributed by atoms with E-state index in [0.29, 0.717) is 43.6 Å². The Labute approximate surface area is 249 Å². The molecule has 226 valence electrons. The van der Waals surface area contributed by atoms with Gasteiger partial charge in [-0.1, -0.05) is 62.4 Å². The van der Waals surface area contributed by atoms with Crippen molar-refractivity contribution in [3.05, 3.63) is 101 Å². The molecule has 0 bridgehead atoms. The van der Waals surface area contributed by atoms with Crippen molar-refractivity contribution in [1.29, 1.82) is 0 Å². The van der Waals surface area contributed by atoms with Crippen molar-refractivity contribution in [1.82, 2.24) is 15.5 Å². The number of rotatable bonds is 16. The molecule has 0 saturated carbocycles. The third-order valence-corrected chi connectivity index (χ3v) is 7.85. The lowest BCUT2D eigenvalue weighted by atomic mass is 10.00. The van der Waals surface area contributed by atoms with E-state index >= 15 is 0 Å². The van der Waals surface area contributed by atoms with E-state index in [1.54, 1.807) is 41.3 Å². The summed E-state index contributed by atoms with van der Waals surface area (Å²) in [6, 6.07) is 22.1. The van der Waals surface area contributed by atoms with Crippen LogP contribution in [0.4, 0.5) is 0 Å². The molecule has 0 radical (unpaired) electrons. The largest absolute Gasteiger partial charge is 0.390 e. The molecule has 2 atom stereocenters. The van der Waals surface area contributed by atoms with Gasteiger partial charge in [-0.2, -0.15) is 0 Å². The van der Waals surface area contributed by atoms with Crippen LogP contribution in [0.5, 0.6) is 0 Å². The van der Waals surface area contributed by atoms with Gasteiger partial charge in [0.25, 0.3) is 11.8 Å². The van der Waals surface area contributed by atoms with Crippen molar-refractivity contribution in [2.45, 2.75) is 56.6 Å². The number of aliphatic hydroxyl groups excluding tert-OH is 1. The summed E-state index contributed by atoms with van der Waals surface area (Å²) in [5.74, 6) is -0.463. The molecule has 3 aromatic rings. The second kappa shape index (κ2) is 16.2. The molecule has 0 aliphatic heterocycles. The molecular formula is C32H42N4O5S. The average molecular weight is 595 g/mol. The van der Waals surface area contributed by atoms with E-state index in [4.69, 9.17) is 5.14 Å². The smallest absolute Gasteiger partial charge is 0.253 e. The summed E-state index contributed by atoms with van der Waals surface area (Å²) in [4.78, 5) is 28.3. The number of carbonyl (C=O) groups is 2. The van der Waals surface area contributed by atoms with Crippen LogP contribution >= 0.6 is 0 Å². The van der Waals surface area contributed by atoms with Gasteiger partial charge in [0.05, 0.1) is 17.0 Å². The first-order chi connectivity index (χ1) is 20.1. The van der Waals surface area contributed by atoms with E-state index in [1.165, 1.54) is 12.1 Å². The maximum atomic E-state index is 13.3. The minimum atomic E-state index is -3.74. The average Bonchev–Trinajstić information content (AvgIpc) is 2.98. The van der Waals surface area contributed by atoms with Crippen LogP contribution < -0.4 is 15.8 Å². The number of nitrogens with one attached hydrogen (secondary N) is 2. The predicted molar refractivity (Wildman–Crippen MR) is 165 cm³/mol. The third kappa shape index (κ3) is 10.1. The Hall–Kier alpha value is -3.57. The number of sulfonamides is 1. The van der Waals surface area contributed by atoms with Gasteiger partial charge < -0.3 is 20.6 Å². The Bertz CT molecular complexity index is 1390. The Morgan fingerprint density at radius 3 is 2.14 bits per heavy atom. The number of nitrogens with two attached hydrogens (primary N) is 1. The van der Waals surface area contributed by atoms with Crippen LogP contribution in [0.1, 0.15) is 58.5 Å². The maximum Gasteiger partial charge on any atom is 0.253 e. The topological polar surface area (TPSA) is 142 Å². The first-order valence-corrected chi connectivity index (χ1v) is 15.9. The second-order valence-corrected chi connectivity index (χ2v) is 11.9. The molecule has 0 saturated heterocycles. The zero-order valence-electron chi connectivity index (χ0n) is 24.3. The minimum absolute atomic E-state index is 0.0586. The molecule has 0 aliphatic rings. The SMILES string of the molecule is CCCN(CCC)C(=O)c1cccc(C(=O)N[C@@H](Cc2ccccc2)[C@H](O)CNCCc2ccc(S(N)(=O)=O)cc2)c1. The molecule has 9 nitrogen and oxygen atoms in total. The highest BCUT2D eigenvalue weighted by Gasteiger charge is 2.23. The van der Waals surface area contributed by atoms with Crippen molar-refractivity contribution >= 4 is 21.8 Å². The summed E-state index contributed by atoms with van der Waals surface area (Å²) < 4.78 is 22.9. The molecule has 2 amide bonds. The van der Waals surface area contributed by atoms with Crippen LogP contribution in [0.3, 0.4) is 0 Å². The van der Waals surface area contributed by atoms with E-state index in [9.17, 15) is 23.1 Å². The summed E-state index contributed by atoms with van der Waals surface area (Å²) in [6.45, 7) is 6.13. The molecule has 0 spiro atoms. The molecule has 0 heterocycles. The van der Waals surface area contributed by atoms with Gasteiger partial charge in [0, 0.05) is 30.8 Å². The fourth-order valence-corrected chi connectivity index (χ4v) is 5.22. The third-order valence-electron chi connectivity index (χ3n) is 6.92. The van der Waals surface area contributed by atoms with Crippen molar-refractivity contribution in [2.75, 3.05) is 26.2 Å². The normalized spacial score (nSPS) is 12.9. The Morgan fingerprint density at radius 2 is 1.52 bits per heavy atom. The Balaban J connectivity index is 1.65. The quantitative estimate of drug-likeness (QED) is 0.188. The number of carbonyl (C=O) groups excluding carboxylic acids is 2. The highest BCUT2D eigenvalue weighted by Crippen LogP contribution is 2.13. The lowest BCUT2D eigenvalue weighted by molar-refractivity contribution is 0.0755. The van der Waals surface area contributed by atoms with Crippen LogP contribution in [-0.2, 0) is 22.9 Å². The molecule has 5 N–H and O–H groups in total. The molecule has 0 fully saturated rings. The maximum absolute atomic E-state index is 13.3. The number of amides is 2. The summed E-state index contributed by atoms with van der Waals surface area (Å²) in [5.41, 5.74) is 2.71. The van der Waals surface area contributed by atoms with E-state index < -0.39 is 22.2 Å². The number of primary sulfonamides is 1. The molecule has 0 aromatic heterocycles. The number of hydrogen-bond donors (Lipinski definition) is 4. The van der Waals surface area contributed by atoms with Crippen molar-refractivity contribution < 1.29 is 23.1 Å². The van der Waals surface area contributed by atoms with Gasteiger partial charge in [-0.25, -0.2) is 13.6 Å². The number of benzene rings is 3. The van der Waals surface area contributed by atoms with E-state index in [1.807, 2.05) is 44.2 Å². The van der Waals surface area contributed by atoms with E-state index in [-0.39, 0.29) is 23.3 Å². The van der Waals surface area contributed by atoms with Gasteiger partial charge in [-0.05, 0) is 73.7 Å². The fourth-order valence-electron chi connectivity index (χ4n) is 4.70. The van der Waals surface area contributed by atoms with Gasteiger partial charge >= 0.3 is 0 Å². The van der Waals surface area contributed by atoms with E-state index in [2.05, 4.69) is 10.6 Å². The number of nitrogens with zero attached hydrogens (tertiary/aromatic N) is 1. The lowest BCUT2D eigenvalue weighted by Crippen LogP contribution is -2.49. The summed E-state index contributed by atoms with van der Waals surface area (Å²) >= 11 is 0. The van der Waals surface area contributed by atoms with Crippen molar-refractivity contribution in [3.8, 4) is 0 Å². The van der Waals surface area contributed by atoms with E-state index in [0.717, 1.165) is 24.0 Å².